The van der Waals surface area contributed by atoms with Crippen LogP contribution in [0, 0.1) is 0 Å². The maximum absolute atomic E-state index is 12.7. The Morgan fingerprint density at radius 3 is 1.27 bits per heavy atom. The molecule has 6 heterocycles. The highest BCUT2D eigenvalue weighted by molar-refractivity contribution is 6.10. The van der Waals surface area contributed by atoms with E-state index in [-0.39, 0.29) is 0 Å². The molecule has 0 saturated carbocycles. The van der Waals surface area contributed by atoms with E-state index in [1.165, 1.54) is 12.4 Å². The second-order valence-electron chi connectivity index (χ2n) is 10.9. The number of carbonyl (C=O) groups excluding carboxylic acids is 2. The van der Waals surface area contributed by atoms with Gasteiger partial charge in [0.05, 0.1) is 50.5 Å². The monoisotopic (exact) mass is 662 g/mol. The minimum atomic E-state index is -0.437. The summed E-state index contributed by atoms with van der Waals surface area (Å²) < 4.78 is 11.0. The number of ether oxygens (including phenoxy) is 2. The van der Waals surface area contributed by atoms with Crippen molar-refractivity contribution in [3.63, 3.8) is 0 Å². The van der Waals surface area contributed by atoms with Gasteiger partial charge in [0.25, 0.3) is 0 Å². The first-order chi connectivity index (χ1) is 23.7. The number of rotatable bonds is 0. The quantitative estimate of drug-likeness (QED) is 0.284. The van der Waals surface area contributed by atoms with Gasteiger partial charge in [0, 0.05) is 113 Å². The maximum Gasteiger partial charge on any atom is 0.341 e. The molecule has 0 aromatic carbocycles. The number of nitrogens with one attached hydrogen (secondary N) is 4. The molecule has 0 aromatic rings. The Morgan fingerprint density at radius 1 is 0.417 bits per heavy atom. The molecular weight excluding hydrogens is 612 g/mol. The Morgan fingerprint density at radius 2 is 0.812 bits per heavy atom. The first-order valence-electron chi connectivity index (χ1n) is 16.8. The minimum Gasteiger partial charge on any atom is -0.462 e. The van der Waals surface area contributed by atoms with Crippen LogP contribution < -0.4 is 21.3 Å². The van der Waals surface area contributed by atoms with Gasteiger partial charge in [0.1, 0.15) is 0 Å². The largest absolute Gasteiger partial charge is 0.462 e. The summed E-state index contributed by atoms with van der Waals surface area (Å²) in [5.41, 5.74) is 2.44. The lowest BCUT2D eigenvalue weighted by Crippen LogP contribution is -2.21. The first-order valence-corrected chi connectivity index (χ1v) is 16.8. The maximum atomic E-state index is 12.7. The van der Waals surface area contributed by atoms with Gasteiger partial charge < -0.3 is 30.7 Å². The average Bonchev–Trinajstić information content (AvgIpc) is 3.09. The third-order valence-corrected chi connectivity index (χ3v) is 6.82. The fraction of sp³-hybridized carbons (Fsp3) is 0.529. The highest BCUT2D eigenvalue weighted by Crippen LogP contribution is 2.03. The van der Waals surface area contributed by atoms with Crippen LogP contribution in [0.4, 0.5) is 0 Å². The van der Waals surface area contributed by atoms with Crippen molar-refractivity contribution in [3.8, 4) is 0 Å². The van der Waals surface area contributed by atoms with Crippen molar-refractivity contribution in [2.24, 2.45) is 30.0 Å². The lowest BCUT2D eigenvalue weighted by atomic mass is 10.2. The molecule has 260 valence electrons. The summed E-state index contributed by atoms with van der Waals surface area (Å²) in [6, 6.07) is 0. The van der Waals surface area contributed by atoms with Crippen LogP contribution in [-0.4, -0.2) is 128 Å². The molecule has 14 heteroatoms. The van der Waals surface area contributed by atoms with E-state index < -0.39 is 11.9 Å². The summed E-state index contributed by atoms with van der Waals surface area (Å²) in [6.45, 7) is 6.19. The Hall–Kier alpha value is -4.88. The van der Waals surface area contributed by atoms with Crippen LogP contribution >= 0.6 is 0 Å². The number of esters is 2. The molecule has 0 fully saturated rings. The Kier molecular flexibility index (Phi) is 19.8. The normalized spacial score (nSPS) is 22.0. The highest BCUT2D eigenvalue weighted by Gasteiger charge is 2.10. The fourth-order valence-electron chi connectivity index (χ4n) is 4.24. The SMILES string of the molecule is O=C1OCCCCCN=CC2=CNCCNC=C(C=NCCCCCOC(=O)/C3=C/NCCN=CC1=CNCCN=C3)C=NCCN=C2. The molecule has 0 aliphatic carbocycles. The Bertz CT molecular complexity index is 1200. The molecule has 0 saturated heterocycles. The van der Waals surface area contributed by atoms with Crippen molar-refractivity contribution in [3.05, 3.63) is 47.1 Å². The van der Waals surface area contributed by atoms with Crippen molar-refractivity contribution >= 4 is 49.2 Å². The smallest absolute Gasteiger partial charge is 0.341 e. The molecule has 6 aliphatic rings. The Balaban J connectivity index is 1.65. The number of allylic oxidation sites excluding steroid dienone is 2. The molecule has 4 bridgehead atoms. The van der Waals surface area contributed by atoms with E-state index in [4.69, 9.17) is 9.47 Å². The summed E-state index contributed by atoms with van der Waals surface area (Å²) in [4.78, 5) is 52.2. The van der Waals surface area contributed by atoms with Crippen LogP contribution in [-0.2, 0) is 19.1 Å². The van der Waals surface area contributed by atoms with Crippen molar-refractivity contribution in [1.82, 2.24) is 21.3 Å². The average molecular weight is 663 g/mol. The number of carbonyl (C=O) groups is 2. The molecule has 0 amide bonds. The zero-order chi connectivity index (χ0) is 33.7. The van der Waals surface area contributed by atoms with Crippen LogP contribution in [0.1, 0.15) is 38.5 Å². The van der Waals surface area contributed by atoms with Gasteiger partial charge in [-0.2, -0.15) is 0 Å². The molecule has 0 aromatic heterocycles. The third-order valence-electron chi connectivity index (χ3n) is 6.82. The van der Waals surface area contributed by atoms with Crippen LogP contribution in [0.3, 0.4) is 0 Å². The predicted octanol–water partition coefficient (Wildman–Crippen LogP) is 1.77. The third kappa shape index (κ3) is 17.7. The van der Waals surface area contributed by atoms with Gasteiger partial charge in [-0.15, -0.1) is 0 Å². The van der Waals surface area contributed by atoms with E-state index in [9.17, 15) is 9.59 Å². The molecule has 0 spiro atoms. The molecule has 6 rings (SSSR count). The van der Waals surface area contributed by atoms with E-state index in [2.05, 4.69) is 51.2 Å². The van der Waals surface area contributed by atoms with Crippen molar-refractivity contribution < 1.29 is 19.1 Å². The van der Waals surface area contributed by atoms with Crippen LogP contribution in [0.15, 0.2) is 77.0 Å². The summed E-state index contributed by atoms with van der Waals surface area (Å²) in [7, 11) is 0. The van der Waals surface area contributed by atoms with Gasteiger partial charge >= 0.3 is 11.9 Å². The highest BCUT2D eigenvalue weighted by atomic mass is 16.5. The van der Waals surface area contributed by atoms with Gasteiger partial charge in [-0.25, -0.2) is 9.59 Å². The summed E-state index contributed by atoms with van der Waals surface area (Å²) in [6.07, 6.45) is 22.2. The number of hydrogen-bond donors (Lipinski definition) is 4. The summed E-state index contributed by atoms with van der Waals surface area (Å²) in [5, 5.41) is 12.8. The Labute approximate surface area is 283 Å². The van der Waals surface area contributed by atoms with Crippen LogP contribution in [0.25, 0.3) is 0 Å². The lowest BCUT2D eigenvalue weighted by Gasteiger charge is -2.08. The number of hydrogen-bond acceptors (Lipinski definition) is 14. The fourth-order valence-corrected chi connectivity index (χ4v) is 4.24. The summed E-state index contributed by atoms with van der Waals surface area (Å²) >= 11 is 0. The van der Waals surface area contributed by atoms with Gasteiger partial charge in [-0.05, 0) is 38.5 Å². The molecule has 48 heavy (non-hydrogen) atoms. The molecular formula is C34H50N10O4. The van der Waals surface area contributed by atoms with Gasteiger partial charge in [-0.1, -0.05) is 0 Å². The number of nitrogens with zero attached hydrogens (tertiary/aromatic N) is 6. The zero-order valence-electron chi connectivity index (χ0n) is 27.8. The molecule has 0 unspecified atom stereocenters. The van der Waals surface area contributed by atoms with Crippen LogP contribution in [0.5, 0.6) is 0 Å². The molecule has 14 nitrogen and oxygen atoms in total. The summed E-state index contributed by atoms with van der Waals surface area (Å²) in [5.74, 6) is -0.875. The molecule has 0 radical (unpaired) electrons. The predicted molar refractivity (Wildman–Crippen MR) is 194 cm³/mol. The topological polar surface area (TPSA) is 175 Å². The second-order valence-corrected chi connectivity index (χ2v) is 10.9. The van der Waals surface area contributed by atoms with Crippen molar-refractivity contribution in [1.29, 1.82) is 0 Å². The zero-order valence-corrected chi connectivity index (χ0v) is 27.8. The number of aliphatic imine (C=N–C) groups is 6. The van der Waals surface area contributed by atoms with E-state index in [0.29, 0.717) is 89.8 Å². The van der Waals surface area contributed by atoms with Gasteiger partial charge in [0.15, 0.2) is 0 Å². The van der Waals surface area contributed by atoms with Crippen molar-refractivity contribution in [2.75, 3.05) is 78.7 Å². The molecule has 0 atom stereocenters. The van der Waals surface area contributed by atoms with E-state index in [1.807, 2.05) is 37.3 Å². The van der Waals surface area contributed by atoms with Crippen molar-refractivity contribution in [2.45, 2.75) is 38.5 Å². The van der Waals surface area contributed by atoms with Gasteiger partial charge in [0.2, 0.25) is 0 Å². The lowest BCUT2D eigenvalue weighted by molar-refractivity contribution is -0.139. The minimum absolute atomic E-state index is 0.310. The standard InChI is InChI=1S/C34H50N10O4/c45-33-31-25-41-13-15-43-27-32(28-44-16-14-42-26-31)34(46)48-18-6-2-4-8-36-20-30-23-39-11-9-37-21-29(22-38-10-12-40-24-30)19-35-7-3-1-5-17-47-33/h19-28,37,39,41,44H,1-18H2/b29-21?,30-23?,31-25+,32-28?,35-19?,36-20?,38-22?,40-24?,42-26?,43-27?. The van der Waals surface area contributed by atoms with E-state index in [1.54, 1.807) is 12.4 Å². The van der Waals surface area contributed by atoms with E-state index >= 15 is 0 Å². The second kappa shape index (κ2) is 25.2. The molecule has 6 aliphatic heterocycles. The van der Waals surface area contributed by atoms with Crippen LogP contribution in [0.2, 0.25) is 0 Å². The van der Waals surface area contributed by atoms with Gasteiger partial charge in [-0.3, -0.25) is 30.0 Å². The molecule has 4 N–H and O–H groups in total. The van der Waals surface area contributed by atoms with E-state index in [0.717, 1.165) is 49.7 Å². The first kappa shape index (κ1) is 37.6.